The molecule has 2 heterocycles. The molecule has 0 radical (unpaired) electrons. The van der Waals surface area contributed by atoms with Gasteiger partial charge in [-0.05, 0) is 52.3 Å². The molecule has 3 rings (SSSR count). The van der Waals surface area contributed by atoms with Gasteiger partial charge in [0.2, 0.25) is 5.13 Å². The van der Waals surface area contributed by atoms with Crippen molar-refractivity contribution in [3.63, 3.8) is 0 Å². The summed E-state index contributed by atoms with van der Waals surface area (Å²) >= 11 is 1.09. The van der Waals surface area contributed by atoms with E-state index in [9.17, 15) is 8.78 Å². The minimum absolute atomic E-state index is 0.214. The van der Waals surface area contributed by atoms with Crippen molar-refractivity contribution >= 4 is 29.5 Å². The molecule has 9 heteroatoms. The van der Waals surface area contributed by atoms with Crippen LogP contribution in [0.4, 0.5) is 19.6 Å². The number of halogens is 2. The number of allylic oxidation sites excluding steroid dienone is 1. The zero-order valence-electron chi connectivity index (χ0n) is 16.0. The fraction of sp³-hybridized carbons (Fsp3) is 0.444. The lowest BCUT2D eigenvalue weighted by Crippen LogP contribution is -2.41. The van der Waals surface area contributed by atoms with E-state index in [-0.39, 0.29) is 12.2 Å². The molecular formula is C18H22BF2N3O2S. The lowest BCUT2D eigenvalue weighted by Gasteiger charge is -2.32. The molecule has 0 aliphatic carbocycles. The van der Waals surface area contributed by atoms with Crippen LogP contribution in [-0.4, -0.2) is 27.7 Å². The molecule has 0 saturated carbocycles. The van der Waals surface area contributed by atoms with Crippen molar-refractivity contribution in [2.24, 2.45) is 0 Å². The maximum Gasteiger partial charge on any atom is 0.525 e. The Morgan fingerprint density at radius 3 is 2.44 bits per heavy atom. The summed E-state index contributed by atoms with van der Waals surface area (Å²) in [5, 5.41) is 3.33. The van der Waals surface area contributed by atoms with Gasteiger partial charge >= 0.3 is 7.12 Å². The topological polar surface area (TPSA) is 56.3 Å². The van der Waals surface area contributed by atoms with Crippen LogP contribution in [0.5, 0.6) is 0 Å². The maximum absolute atomic E-state index is 14.8. The molecule has 0 atom stereocenters. The molecule has 1 aromatic heterocycles. The Hall–Kier alpha value is -1.84. The predicted molar refractivity (Wildman–Crippen MR) is 103 cm³/mol. The van der Waals surface area contributed by atoms with Crippen molar-refractivity contribution in [1.82, 2.24) is 9.36 Å². The number of nitrogens with one attached hydrogen (secondary N) is 1. The number of nitrogens with zero attached hydrogens (tertiary/aromatic N) is 2. The zero-order valence-corrected chi connectivity index (χ0v) is 16.8. The van der Waals surface area contributed by atoms with E-state index in [0.717, 1.165) is 11.5 Å². The minimum Gasteiger partial charge on any atom is -0.398 e. The number of rotatable bonds is 5. The Bertz CT molecular complexity index is 854. The van der Waals surface area contributed by atoms with E-state index in [1.54, 1.807) is 25.1 Å². The molecule has 0 amide bonds. The van der Waals surface area contributed by atoms with Crippen LogP contribution < -0.4 is 5.32 Å². The summed E-state index contributed by atoms with van der Waals surface area (Å²) in [4.78, 5) is 4.30. The van der Waals surface area contributed by atoms with Gasteiger partial charge in [-0.25, -0.2) is 13.8 Å². The van der Waals surface area contributed by atoms with Gasteiger partial charge in [-0.1, -0.05) is 12.1 Å². The molecule has 0 spiro atoms. The average molecular weight is 393 g/mol. The second-order valence-corrected chi connectivity index (χ2v) is 8.27. The molecule has 0 bridgehead atoms. The number of para-hydroxylation sites is 1. The molecular weight excluding hydrogens is 371 g/mol. The van der Waals surface area contributed by atoms with E-state index < -0.39 is 24.0 Å². The average Bonchev–Trinajstić information content (AvgIpc) is 3.10. The third-order valence-electron chi connectivity index (χ3n) is 4.87. The molecule has 5 nitrogen and oxygen atoms in total. The number of aromatic nitrogens is 2. The second kappa shape index (κ2) is 7.29. The lowest BCUT2D eigenvalue weighted by molar-refractivity contribution is 0.00578. The van der Waals surface area contributed by atoms with Crippen LogP contribution in [0.25, 0.3) is 0 Å². The van der Waals surface area contributed by atoms with E-state index in [2.05, 4.69) is 14.7 Å². The van der Waals surface area contributed by atoms with Crippen molar-refractivity contribution in [3.8, 4) is 0 Å². The highest BCUT2D eigenvalue weighted by Crippen LogP contribution is 2.39. The quantitative estimate of drug-likeness (QED) is 0.737. The van der Waals surface area contributed by atoms with Crippen LogP contribution in [0.3, 0.4) is 0 Å². The summed E-state index contributed by atoms with van der Waals surface area (Å²) in [7, 11) is -1.04. The van der Waals surface area contributed by atoms with Gasteiger partial charge in [0.15, 0.2) is 0 Å². The Morgan fingerprint density at radius 1 is 1.19 bits per heavy atom. The second-order valence-electron chi connectivity index (χ2n) is 7.51. The number of hydrogen-bond donors (Lipinski definition) is 1. The fourth-order valence-electron chi connectivity index (χ4n) is 2.52. The highest BCUT2D eigenvalue weighted by Gasteiger charge is 2.53. The van der Waals surface area contributed by atoms with Gasteiger partial charge < -0.3 is 14.6 Å². The molecule has 1 N–H and O–H groups in total. The maximum atomic E-state index is 14.8. The summed E-state index contributed by atoms with van der Waals surface area (Å²) in [6, 6.07) is 6.30. The largest absolute Gasteiger partial charge is 0.525 e. The van der Waals surface area contributed by atoms with Crippen molar-refractivity contribution in [2.45, 2.75) is 52.2 Å². The predicted octanol–water partition coefficient (Wildman–Crippen LogP) is 4.84. The van der Waals surface area contributed by atoms with Crippen molar-refractivity contribution in [1.29, 1.82) is 0 Å². The summed E-state index contributed by atoms with van der Waals surface area (Å²) in [5.74, 6) is 0.0696. The van der Waals surface area contributed by atoms with Crippen LogP contribution >= 0.6 is 11.5 Å². The number of anilines is 2. The van der Waals surface area contributed by atoms with Gasteiger partial charge in [-0.3, -0.25) is 0 Å². The van der Waals surface area contributed by atoms with Crippen LogP contribution in [0, 0.1) is 5.82 Å². The molecule has 1 fully saturated rings. The molecule has 2 aromatic rings. The summed E-state index contributed by atoms with van der Waals surface area (Å²) in [5.41, 5.74) is -0.928. The van der Waals surface area contributed by atoms with Crippen LogP contribution in [-0.2, 0) is 15.7 Å². The van der Waals surface area contributed by atoms with Crippen molar-refractivity contribution < 1.29 is 18.1 Å². The third-order valence-corrected chi connectivity index (χ3v) is 5.54. The molecule has 27 heavy (non-hydrogen) atoms. The molecule has 0 unspecified atom stereocenters. The summed E-state index contributed by atoms with van der Waals surface area (Å²) in [6.07, 6.45) is 0.214. The van der Waals surface area contributed by atoms with Crippen molar-refractivity contribution in [3.05, 3.63) is 47.2 Å². The molecule has 1 aromatic carbocycles. The van der Waals surface area contributed by atoms with Gasteiger partial charge in [0.1, 0.15) is 17.4 Å². The molecule has 1 aliphatic rings. The Morgan fingerprint density at radius 2 is 1.81 bits per heavy atom. The normalized spacial score (nSPS) is 19.1. The Labute approximate surface area is 162 Å². The SMILES string of the molecule is CC(Cc1nsc(Nc2ccccc2F)n1)=C(F)B1OC(C)(C)C(C)(C)O1. The first kappa shape index (κ1) is 19.9. The van der Waals surface area contributed by atoms with Crippen molar-refractivity contribution in [2.75, 3.05) is 5.32 Å². The third kappa shape index (κ3) is 4.20. The zero-order chi connectivity index (χ0) is 19.8. The summed E-state index contributed by atoms with van der Waals surface area (Å²) in [6.45, 7) is 9.15. The first-order valence-electron chi connectivity index (χ1n) is 8.64. The van der Waals surface area contributed by atoms with Crippen LogP contribution in [0.15, 0.2) is 35.6 Å². The van der Waals surface area contributed by atoms with E-state index in [1.807, 2.05) is 27.7 Å². The lowest BCUT2D eigenvalue weighted by atomic mass is 9.84. The molecule has 144 valence electrons. The standard InChI is InChI=1S/C18H22BF2N3O2S/c1-11(15(21)19-25-17(2,3)18(4,5)26-19)10-14-23-16(27-24-14)22-13-9-7-6-8-12(13)20/h6-9H,10H2,1-5H3,(H,22,23,24). The van der Waals surface area contributed by atoms with Gasteiger partial charge in [0.25, 0.3) is 0 Å². The van der Waals surface area contributed by atoms with Gasteiger partial charge in [-0.15, -0.1) is 0 Å². The van der Waals surface area contributed by atoms with E-state index >= 15 is 0 Å². The van der Waals surface area contributed by atoms with E-state index in [4.69, 9.17) is 9.31 Å². The van der Waals surface area contributed by atoms with Crippen LogP contribution in [0.1, 0.15) is 40.4 Å². The fourth-order valence-corrected chi connectivity index (χ4v) is 3.12. The van der Waals surface area contributed by atoms with E-state index in [0.29, 0.717) is 22.2 Å². The number of benzene rings is 1. The van der Waals surface area contributed by atoms with Gasteiger partial charge in [-0.2, -0.15) is 4.37 Å². The minimum atomic E-state index is -1.04. The first-order chi connectivity index (χ1) is 12.6. The highest BCUT2D eigenvalue weighted by atomic mass is 32.1. The smallest absolute Gasteiger partial charge is 0.398 e. The monoisotopic (exact) mass is 393 g/mol. The molecule has 1 saturated heterocycles. The number of hydrogen-bond acceptors (Lipinski definition) is 6. The Balaban J connectivity index is 1.69. The Kier molecular flexibility index (Phi) is 5.38. The van der Waals surface area contributed by atoms with Gasteiger partial charge in [0.05, 0.1) is 16.9 Å². The molecule has 1 aliphatic heterocycles. The highest BCUT2D eigenvalue weighted by molar-refractivity contribution is 7.09. The van der Waals surface area contributed by atoms with Gasteiger partial charge in [0, 0.05) is 18.0 Å². The van der Waals surface area contributed by atoms with Crippen LogP contribution in [0.2, 0.25) is 0 Å². The summed E-state index contributed by atoms with van der Waals surface area (Å²) < 4.78 is 44.2. The van der Waals surface area contributed by atoms with E-state index in [1.165, 1.54) is 6.07 Å². The first-order valence-corrected chi connectivity index (χ1v) is 9.41.